The number of imide groups is 2. The number of anilines is 1. The molecule has 0 bridgehead atoms. The molecule has 1 unspecified atom stereocenters. The highest BCUT2D eigenvalue weighted by Crippen LogP contribution is 2.34. The molecule has 0 aromatic heterocycles. The maximum absolute atomic E-state index is 13.3. The summed E-state index contributed by atoms with van der Waals surface area (Å²) in [6, 6.07) is 11.8. The van der Waals surface area contributed by atoms with E-state index >= 15 is 0 Å². The van der Waals surface area contributed by atoms with Gasteiger partial charge >= 0.3 is 6.09 Å². The fourth-order valence-electron chi connectivity index (χ4n) is 6.23. The van der Waals surface area contributed by atoms with E-state index in [9.17, 15) is 24.0 Å². The number of carbonyl (C=O) groups excluding carboxylic acids is 5. The van der Waals surface area contributed by atoms with Crippen molar-refractivity contribution in [2.75, 3.05) is 44.3 Å². The smallest absolute Gasteiger partial charge is 0.410 e. The zero-order chi connectivity index (χ0) is 37.1. The minimum Gasteiger partial charge on any atom is -0.493 e. The number of rotatable bonds is 12. The van der Waals surface area contributed by atoms with Gasteiger partial charge in [0.1, 0.15) is 28.7 Å². The summed E-state index contributed by atoms with van der Waals surface area (Å²) in [6.07, 6.45) is 0.998. The molecule has 0 saturated carbocycles. The van der Waals surface area contributed by atoms with Crippen LogP contribution in [0.25, 0.3) is 0 Å². The van der Waals surface area contributed by atoms with E-state index in [1.165, 1.54) is 6.07 Å². The van der Waals surface area contributed by atoms with Crippen LogP contribution in [0.1, 0.15) is 94.9 Å². The quantitative estimate of drug-likeness (QED) is 0.301. The van der Waals surface area contributed by atoms with Gasteiger partial charge in [0.2, 0.25) is 11.8 Å². The number of piperazine rings is 1. The maximum Gasteiger partial charge on any atom is 0.410 e. The SMILES string of the molecule is CC(C)(C)OC(=O)N1CCN(c2ccc(OC(C)(C)CCOC(C)(C)CCOc3cccc4c3C(=O)N(C3CCC(=O)NC3=O)C4=O)cc2)CC1. The molecule has 13 nitrogen and oxygen atoms in total. The Balaban J connectivity index is 1.06. The Labute approximate surface area is 299 Å². The Morgan fingerprint density at radius 3 is 2.14 bits per heavy atom. The third-order valence-electron chi connectivity index (χ3n) is 9.12. The Hall–Kier alpha value is -4.65. The molecule has 3 heterocycles. The average Bonchev–Trinajstić information content (AvgIpc) is 3.30. The van der Waals surface area contributed by atoms with Crippen molar-refractivity contribution in [3.63, 3.8) is 0 Å². The van der Waals surface area contributed by atoms with Gasteiger partial charge in [-0.2, -0.15) is 0 Å². The Morgan fingerprint density at radius 1 is 0.824 bits per heavy atom. The Morgan fingerprint density at radius 2 is 1.49 bits per heavy atom. The molecule has 0 aliphatic carbocycles. The molecule has 2 aromatic rings. The van der Waals surface area contributed by atoms with Crippen molar-refractivity contribution < 1.29 is 42.9 Å². The first-order valence-electron chi connectivity index (χ1n) is 17.6. The highest BCUT2D eigenvalue weighted by Gasteiger charge is 2.46. The zero-order valence-electron chi connectivity index (χ0n) is 30.7. The third kappa shape index (κ3) is 9.37. The minimum atomic E-state index is -1.04. The number of piperidine rings is 1. The number of ether oxygens (including phenoxy) is 4. The van der Waals surface area contributed by atoms with Crippen LogP contribution in [0.3, 0.4) is 0 Å². The third-order valence-corrected chi connectivity index (χ3v) is 9.12. The van der Waals surface area contributed by atoms with Crippen LogP contribution in [0.5, 0.6) is 11.5 Å². The van der Waals surface area contributed by atoms with E-state index in [2.05, 4.69) is 10.2 Å². The second-order valence-corrected chi connectivity index (χ2v) is 15.4. The number of fused-ring (bicyclic) bond motifs is 1. The van der Waals surface area contributed by atoms with E-state index in [1.807, 2.05) is 72.7 Å². The first-order chi connectivity index (χ1) is 23.9. The summed E-state index contributed by atoms with van der Waals surface area (Å²) in [6.45, 7) is 16.9. The number of hydrogen-bond acceptors (Lipinski definition) is 10. The standard InChI is InChI=1S/C38H50N4O9/c1-36(2,3)51-35(47)41-21-19-40(20-22-41)25-11-13-26(14-12-25)50-38(6,7)18-24-49-37(4,5)17-23-48-29-10-8-9-27-31(29)34(46)42(33(27)45)28-15-16-30(43)39-32(28)44/h8-14,28H,15-24H2,1-7H3,(H,39,43,44). The summed E-state index contributed by atoms with van der Waals surface area (Å²) < 4.78 is 24.1. The van der Waals surface area contributed by atoms with Crippen molar-refractivity contribution in [3.8, 4) is 11.5 Å². The molecule has 5 amide bonds. The van der Waals surface area contributed by atoms with Gasteiger partial charge in [-0.25, -0.2) is 4.79 Å². The predicted octanol–water partition coefficient (Wildman–Crippen LogP) is 4.96. The molecule has 0 spiro atoms. The van der Waals surface area contributed by atoms with Crippen molar-refractivity contribution in [2.45, 2.75) is 97.0 Å². The van der Waals surface area contributed by atoms with Crippen molar-refractivity contribution in [3.05, 3.63) is 53.6 Å². The topological polar surface area (TPSA) is 144 Å². The van der Waals surface area contributed by atoms with E-state index in [-0.39, 0.29) is 42.4 Å². The molecule has 2 saturated heterocycles. The molecule has 2 aromatic carbocycles. The van der Waals surface area contributed by atoms with Gasteiger partial charge < -0.3 is 28.7 Å². The van der Waals surface area contributed by atoms with Gasteiger partial charge in [-0.15, -0.1) is 0 Å². The molecule has 3 aliphatic heterocycles. The van der Waals surface area contributed by atoms with E-state index in [1.54, 1.807) is 17.0 Å². The van der Waals surface area contributed by atoms with Crippen LogP contribution in [-0.2, 0) is 19.1 Å². The van der Waals surface area contributed by atoms with E-state index < -0.39 is 46.5 Å². The van der Waals surface area contributed by atoms with Gasteiger partial charge in [0.05, 0.1) is 29.9 Å². The largest absolute Gasteiger partial charge is 0.493 e. The van der Waals surface area contributed by atoms with Crippen molar-refractivity contribution >= 4 is 35.4 Å². The van der Waals surface area contributed by atoms with Crippen LogP contribution in [-0.4, -0.2) is 102 Å². The molecule has 13 heteroatoms. The Bertz CT molecular complexity index is 1640. The second kappa shape index (κ2) is 14.9. The molecule has 1 N–H and O–H groups in total. The lowest BCUT2D eigenvalue weighted by molar-refractivity contribution is -0.136. The Kier molecular flexibility index (Phi) is 11.0. The number of nitrogens with zero attached hydrogens (tertiary/aromatic N) is 3. The van der Waals surface area contributed by atoms with Crippen LogP contribution in [0.15, 0.2) is 42.5 Å². The lowest BCUT2D eigenvalue weighted by atomic mass is 10.0. The van der Waals surface area contributed by atoms with E-state index in [4.69, 9.17) is 18.9 Å². The molecule has 51 heavy (non-hydrogen) atoms. The minimum absolute atomic E-state index is 0.0532. The fourth-order valence-corrected chi connectivity index (χ4v) is 6.23. The monoisotopic (exact) mass is 706 g/mol. The van der Waals surface area contributed by atoms with Crippen LogP contribution in [0, 0.1) is 0 Å². The van der Waals surface area contributed by atoms with Crippen molar-refractivity contribution in [1.29, 1.82) is 0 Å². The summed E-state index contributed by atoms with van der Waals surface area (Å²) >= 11 is 0. The summed E-state index contributed by atoms with van der Waals surface area (Å²) in [5.74, 6) is -1.24. The summed E-state index contributed by atoms with van der Waals surface area (Å²) in [7, 11) is 0. The number of benzene rings is 2. The first kappa shape index (κ1) is 37.6. The van der Waals surface area contributed by atoms with E-state index in [0.29, 0.717) is 32.5 Å². The summed E-state index contributed by atoms with van der Waals surface area (Å²) in [5, 5.41) is 2.21. The van der Waals surface area contributed by atoms with Crippen molar-refractivity contribution in [2.24, 2.45) is 0 Å². The van der Waals surface area contributed by atoms with Crippen LogP contribution < -0.4 is 19.7 Å². The molecular weight excluding hydrogens is 656 g/mol. The molecule has 0 radical (unpaired) electrons. The van der Waals surface area contributed by atoms with Crippen LogP contribution in [0.2, 0.25) is 0 Å². The van der Waals surface area contributed by atoms with Gasteiger partial charge in [0.15, 0.2) is 0 Å². The predicted molar refractivity (Wildman–Crippen MR) is 189 cm³/mol. The summed E-state index contributed by atoms with van der Waals surface area (Å²) in [4.78, 5) is 67.8. The normalized spacial score (nSPS) is 18.5. The maximum atomic E-state index is 13.3. The molecule has 3 aliphatic rings. The number of nitrogens with one attached hydrogen (secondary N) is 1. The zero-order valence-corrected chi connectivity index (χ0v) is 30.7. The molecule has 5 rings (SSSR count). The molecular formula is C38H50N4O9. The average molecular weight is 707 g/mol. The van der Waals surface area contributed by atoms with Crippen LogP contribution in [0.4, 0.5) is 10.5 Å². The second-order valence-electron chi connectivity index (χ2n) is 15.4. The van der Waals surface area contributed by atoms with Gasteiger partial charge in [-0.3, -0.25) is 29.4 Å². The summed E-state index contributed by atoms with van der Waals surface area (Å²) in [5.41, 5.74) is -0.202. The molecule has 276 valence electrons. The lowest BCUT2D eigenvalue weighted by Gasteiger charge is -2.37. The van der Waals surface area contributed by atoms with Gasteiger partial charge in [-0.1, -0.05) is 6.07 Å². The highest BCUT2D eigenvalue weighted by molar-refractivity contribution is 6.24. The fraction of sp³-hybridized carbons (Fsp3) is 0.553. The molecule has 1 atom stereocenters. The number of carbonyl (C=O) groups is 5. The molecule has 2 fully saturated rings. The van der Waals surface area contributed by atoms with Gasteiger partial charge in [0, 0.05) is 51.1 Å². The van der Waals surface area contributed by atoms with Crippen molar-refractivity contribution in [1.82, 2.24) is 15.1 Å². The number of amides is 5. The highest BCUT2D eigenvalue weighted by atomic mass is 16.6. The van der Waals surface area contributed by atoms with Crippen LogP contribution >= 0.6 is 0 Å². The lowest BCUT2D eigenvalue weighted by Crippen LogP contribution is -2.54. The first-order valence-corrected chi connectivity index (χ1v) is 17.6. The number of hydrogen-bond donors (Lipinski definition) is 1. The van der Waals surface area contributed by atoms with E-state index in [0.717, 1.165) is 29.4 Å². The van der Waals surface area contributed by atoms with Gasteiger partial charge in [0.25, 0.3) is 11.8 Å². The van der Waals surface area contributed by atoms with Gasteiger partial charge in [-0.05, 0) is 91.3 Å².